The summed E-state index contributed by atoms with van der Waals surface area (Å²) >= 11 is 0. The van der Waals surface area contributed by atoms with E-state index in [9.17, 15) is 4.79 Å². The molecule has 94 valence electrons. The standard InChI is InChI=1S/C13H26N2O/c1-10-4-3-5-12(8-10)9-15-13(16)7-6-11(2)14/h10-12H,3-9,14H2,1-2H3,(H,15,16). The number of amides is 1. The Labute approximate surface area is 99.2 Å². The predicted molar refractivity (Wildman–Crippen MR) is 67.0 cm³/mol. The first-order chi connectivity index (χ1) is 7.58. The van der Waals surface area contributed by atoms with E-state index >= 15 is 0 Å². The maximum Gasteiger partial charge on any atom is 0.220 e. The third kappa shape index (κ3) is 5.50. The van der Waals surface area contributed by atoms with Crippen LogP contribution < -0.4 is 11.1 Å². The SMILES string of the molecule is CC(N)CCC(=O)NCC1CCCC(C)C1. The molecule has 3 nitrogen and oxygen atoms in total. The Morgan fingerprint density at radius 3 is 2.88 bits per heavy atom. The molecule has 1 aliphatic carbocycles. The maximum atomic E-state index is 11.5. The number of nitrogens with two attached hydrogens (primary N) is 1. The van der Waals surface area contributed by atoms with Crippen molar-refractivity contribution in [2.45, 2.75) is 58.4 Å². The second-order valence-electron chi connectivity index (χ2n) is 5.46. The average Bonchev–Trinajstić information content (AvgIpc) is 2.23. The van der Waals surface area contributed by atoms with Gasteiger partial charge in [0.15, 0.2) is 0 Å². The molecule has 0 aromatic carbocycles. The summed E-state index contributed by atoms with van der Waals surface area (Å²) in [7, 11) is 0. The van der Waals surface area contributed by atoms with E-state index in [4.69, 9.17) is 5.73 Å². The van der Waals surface area contributed by atoms with Crippen LogP contribution in [0.1, 0.15) is 52.4 Å². The van der Waals surface area contributed by atoms with Crippen LogP contribution in [0.2, 0.25) is 0 Å². The van der Waals surface area contributed by atoms with Crippen LogP contribution in [0.5, 0.6) is 0 Å². The van der Waals surface area contributed by atoms with Gasteiger partial charge in [-0.05, 0) is 38.0 Å². The molecule has 1 rings (SSSR count). The highest BCUT2D eigenvalue weighted by atomic mass is 16.1. The van der Waals surface area contributed by atoms with Gasteiger partial charge in [-0.1, -0.05) is 19.8 Å². The Kier molecular flexibility index (Phi) is 5.81. The van der Waals surface area contributed by atoms with Crippen molar-refractivity contribution in [2.24, 2.45) is 17.6 Å². The normalized spacial score (nSPS) is 27.4. The van der Waals surface area contributed by atoms with Gasteiger partial charge >= 0.3 is 0 Å². The molecule has 1 saturated carbocycles. The zero-order chi connectivity index (χ0) is 12.0. The van der Waals surface area contributed by atoms with Gasteiger partial charge in [0.25, 0.3) is 0 Å². The molecule has 1 aliphatic rings. The number of nitrogens with one attached hydrogen (secondary N) is 1. The lowest BCUT2D eigenvalue weighted by atomic mass is 9.82. The van der Waals surface area contributed by atoms with Crippen molar-refractivity contribution >= 4 is 5.91 Å². The summed E-state index contributed by atoms with van der Waals surface area (Å²) in [6, 6.07) is 0.125. The highest BCUT2D eigenvalue weighted by molar-refractivity contribution is 5.75. The first-order valence-electron chi connectivity index (χ1n) is 6.60. The van der Waals surface area contributed by atoms with Gasteiger partial charge in [0, 0.05) is 19.0 Å². The van der Waals surface area contributed by atoms with E-state index in [0.717, 1.165) is 18.9 Å². The van der Waals surface area contributed by atoms with E-state index in [2.05, 4.69) is 12.2 Å². The van der Waals surface area contributed by atoms with Gasteiger partial charge < -0.3 is 11.1 Å². The van der Waals surface area contributed by atoms with E-state index in [1.54, 1.807) is 0 Å². The molecular weight excluding hydrogens is 200 g/mol. The van der Waals surface area contributed by atoms with E-state index in [-0.39, 0.29) is 11.9 Å². The molecule has 0 bridgehead atoms. The molecule has 3 N–H and O–H groups in total. The highest BCUT2D eigenvalue weighted by Gasteiger charge is 2.19. The molecule has 0 aliphatic heterocycles. The summed E-state index contributed by atoms with van der Waals surface area (Å²) < 4.78 is 0. The van der Waals surface area contributed by atoms with Crippen LogP contribution in [0.4, 0.5) is 0 Å². The molecule has 16 heavy (non-hydrogen) atoms. The third-order valence-corrected chi connectivity index (χ3v) is 3.46. The van der Waals surface area contributed by atoms with E-state index in [0.29, 0.717) is 12.3 Å². The molecular formula is C13H26N2O. The van der Waals surface area contributed by atoms with Gasteiger partial charge in [-0.2, -0.15) is 0 Å². The van der Waals surface area contributed by atoms with Crippen LogP contribution >= 0.6 is 0 Å². The number of hydrogen-bond donors (Lipinski definition) is 2. The van der Waals surface area contributed by atoms with Crippen LogP contribution in [-0.2, 0) is 4.79 Å². The third-order valence-electron chi connectivity index (χ3n) is 3.46. The van der Waals surface area contributed by atoms with Crippen LogP contribution in [0.25, 0.3) is 0 Å². The van der Waals surface area contributed by atoms with Crippen molar-refractivity contribution < 1.29 is 4.79 Å². The largest absolute Gasteiger partial charge is 0.356 e. The van der Waals surface area contributed by atoms with Crippen molar-refractivity contribution in [1.82, 2.24) is 5.32 Å². The quantitative estimate of drug-likeness (QED) is 0.754. The highest BCUT2D eigenvalue weighted by Crippen LogP contribution is 2.27. The first kappa shape index (κ1) is 13.5. The van der Waals surface area contributed by atoms with Crippen LogP contribution in [0.3, 0.4) is 0 Å². The lowest BCUT2D eigenvalue weighted by molar-refractivity contribution is -0.121. The number of rotatable bonds is 5. The molecule has 1 amide bonds. The summed E-state index contributed by atoms with van der Waals surface area (Å²) in [5.41, 5.74) is 5.62. The second kappa shape index (κ2) is 6.89. The van der Waals surface area contributed by atoms with E-state index < -0.39 is 0 Å². The Hall–Kier alpha value is -0.570. The Morgan fingerprint density at radius 2 is 2.25 bits per heavy atom. The molecule has 3 unspecified atom stereocenters. The number of carbonyl (C=O) groups excluding carboxylic acids is 1. The van der Waals surface area contributed by atoms with Crippen molar-refractivity contribution in [3.63, 3.8) is 0 Å². The fourth-order valence-electron chi connectivity index (χ4n) is 2.45. The molecule has 0 saturated heterocycles. The molecule has 1 fully saturated rings. The Balaban J connectivity index is 2.11. The van der Waals surface area contributed by atoms with Crippen LogP contribution in [0.15, 0.2) is 0 Å². The van der Waals surface area contributed by atoms with Gasteiger partial charge in [0.1, 0.15) is 0 Å². The Bertz CT molecular complexity index is 216. The smallest absolute Gasteiger partial charge is 0.220 e. The maximum absolute atomic E-state index is 11.5. The summed E-state index contributed by atoms with van der Waals surface area (Å²) in [5.74, 6) is 1.69. The van der Waals surface area contributed by atoms with Crippen LogP contribution in [0, 0.1) is 11.8 Å². The summed E-state index contributed by atoms with van der Waals surface area (Å²) in [6.45, 7) is 5.11. The van der Waals surface area contributed by atoms with Gasteiger partial charge in [-0.3, -0.25) is 4.79 Å². The average molecular weight is 226 g/mol. The van der Waals surface area contributed by atoms with E-state index in [1.165, 1.54) is 25.7 Å². The summed E-state index contributed by atoms with van der Waals surface area (Å²) in [5, 5.41) is 3.03. The second-order valence-corrected chi connectivity index (χ2v) is 5.46. The van der Waals surface area contributed by atoms with Crippen molar-refractivity contribution in [3.05, 3.63) is 0 Å². The fourth-order valence-corrected chi connectivity index (χ4v) is 2.45. The summed E-state index contributed by atoms with van der Waals surface area (Å²) in [6.07, 6.45) is 6.58. The van der Waals surface area contributed by atoms with Gasteiger partial charge in [-0.25, -0.2) is 0 Å². The van der Waals surface area contributed by atoms with Gasteiger partial charge in [0.2, 0.25) is 5.91 Å². The zero-order valence-corrected chi connectivity index (χ0v) is 10.7. The number of carbonyl (C=O) groups is 1. The molecule has 0 spiro atoms. The van der Waals surface area contributed by atoms with Crippen molar-refractivity contribution in [1.29, 1.82) is 0 Å². The van der Waals surface area contributed by atoms with Crippen LogP contribution in [-0.4, -0.2) is 18.5 Å². The van der Waals surface area contributed by atoms with Crippen molar-refractivity contribution in [2.75, 3.05) is 6.54 Å². The zero-order valence-electron chi connectivity index (χ0n) is 10.7. The fraction of sp³-hybridized carbons (Fsp3) is 0.923. The predicted octanol–water partition coefficient (Wildman–Crippen LogP) is 2.06. The topological polar surface area (TPSA) is 55.1 Å². The molecule has 0 aromatic rings. The van der Waals surface area contributed by atoms with Crippen molar-refractivity contribution in [3.8, 4) is 0 Å². The van der Waals surface area contributed by atoms with E-state index in [1.807, 2.05) is 6.92 Å². The lowest BCUT2D eigenvalue weighted by Gasteiger charge is -2.26. The number of hydrogen-bond acceptors (Lipinski definition) is 2. The molecule has 3 atom stereocenters. The first-order valence-corrected chi connectivity index (χ1v) is 6.60. The minimum Gasteiger partial charge on any atom is -0.356 e. The monoisotopic (exact) mass is 226 g/mol. The molecule has 0 radical (unpaired) electrons. The Morgan fingerprint density at radius 1 is 1.50 bits per heavy atom. The molecule has 3 heteroatoms. The minimum absolute atomic E-state index is 0.125. The minimum atomic E-state index is 0.125. The molecule has 0 aromatic heterocycles. The lowest BCUT2D eigenvalue weighted by Crippen LogP contribution is -2.32. The van der Waals surface area contributed by atoms with Gasteiger partial charge in [-0.15, -0.1) is 0 Å². The van der Waals surface area contributed by atoms with Gasteiger partial charge in [0.05, 0.1) is 0 Å². The summed E-state index contributed by atoms with van der Waals surface area (Å²) in [4.78, 5) is 11.5. The molecule has 0 heterocycles.